The zero-order valence-corrected chi connectivity index (χ0v) is 15.0. The lowest BCUT2D eigenvalue weighted by Crippen LogP contribution is -2.51. The van der Waals surface area contributed by atoms with E-state index >= 15 is 0 Å². The van der Waals surface area contributed by atoms with Crippen molar-refractivity contribution in [3.05, 3.63) is 29.1 Å². The van der Waals surface area contributed by atoms with Gasteiger partial charge in [-0.15, -0.1) is 11.3 Å². The number of thiophene rings is 1. The fourth-order valence-electron chi connectivity index (χ4n) is 3.25. The number of rotatable bonds is 5. The number of esters is 1. The molecular weight excluding hydrogens is 348 g/mol. The zero-order valence-electron chi connectivity index (χ0n) is 13.4. The predicted molar refractivity (Wildman–Crippen MR) is 93.7 cm³/mol. The van der Waals surface area contributed by atoms with Crippen molar-refractivity contribution in [2.75, 3.05) is 13.7 Å². The van der Waals surface area contributed by atoms with E-state index in [0.717, 1.165) is 28.9 Å². The van der Waals surface area contributed by atoms with Crippen molar-refractivity contribution in [3.8, 4) is 0 Å². The van der Waals surface area contributed by atoms with Gasteiger partial charge in [0.2, 0.25) is 10.0 Å². The summed E-state index contributed by atoms with van der Waals surface area (Å²) in [5.41, 5.74) is 5.22. The molecule has 0 radical (unpaired) electrons. The largest absolute Gasteiger partial charge is 0.465 e. The molecule has 0 amide bonds. The van der Waals surface area contributed by atoms with Gasteiger partial charge in [0.15, 0.2) is 0 Å². The van der Waals surface area contributed by atoms with Gasteiger partial charge in [-0.3, -0.25) is 0 Å². The van der Waals surface area contributed by atoms with Gasteiger partial charge in [0.25, 0.3) is 0 Å². The van der Waals surface area contributed by atoms with Crippen molar-refractivity contribution in [1.82, 2.24) is 4.72 Å². The summed E-state index contributed by atoms with van der Waals surface area (Å²) in [4.78, 5) is 12.2. The lowest BCUT2D eigenvalue weighted by Gasteiger charge is -2.28. The second kappa shape index (κ2) is 6.44. The summed E-state index contributed by atoms with van der Waals surface area (Å²) >= 11 is 1.12. The number of methoxy groups -OCH3 is 1. The van der Waals surface area contributed by atoms with Gasteiger partial charge in [0.1, 0.15) is 9.77 Å². The van der Waals surface area contributed by atoms with Crippen LogP contribution in [0.4, 0.5) is 0 Å². The normalized spacial score (nSPS) is 17.2. The van der Waals surface area contributed by atoms with Gasteiger partial charge in [-0.1, -0.05) is 31.0 Å². The third-order valence-electron chi connectivity index (χ3n) is 4.49. The third-order valence-corrected chi connectivity index (χ3v) is 7.43. The third kappa shape index (κ3) is 2.95. The monoisotopic (exact) mass is 368 g/mol. The molecular formula is C16H20N2O4S2. The lowest BCUT2D eigenvalue weighted by molar-refractivity contribution is 0.0602. The first-order chi connectivity index (χ1) is 11.4. The highest BCUT2D eigenvalue weighted by Crippen LogP contribution is 2.37. The topological polar surface area (TPSA) is 98.5 Å². The first kappa shape index (κ1) is 17.3. The van der Waals surface area contributed by atoms with Gasteiger partial charge in [-0.2, -0.15) is 0 Å². The molecule has 1 heterocycles. The van der Waals surface area contributed by atoms with Gasteiger partial charge in [0.05, 0.1) is 7.11 Å². The Morgan fingerprint density at radius 2 is 2.00 bits per heavy atom. The second-order valence-electron chi connectivity index (χ2n) is 6.05. The van der Waals surface area contributed by atoms with Gasteiger partial charge in [-0.25, -0.2) is 17.9 Å². The molecule has 0 spiro atoms. The van der Waals surface area contributed by atoms with E-state index in [1.54, 1.807) is 18.2 Å². The number of hydrogen-bond acceptors (Lipinski definition) is 6. The number of carbonyl (C=O) groups is 1. The van der Waals surface area contributed by atoms with Crippen LogP contribution in [0.1, 0.15) is 35.4 Å². The Morgan fingerprint density at radius 1 is 1.33 bits per heavy atom. The van der Waals surface area contributed by atoms with Crippen molar-refractivity contribution in [3.63, 3.8) is 0 Å². The molecule has 0 bridgehead atoms. The minimum atomic E-state index is -3.90. The lowest BCUT2D eigenvalue weighted by atomic mass is 10.0. The number of benzene rings is 1. The van der Waals surface area contributed by atoms with E-state index in [0.29, 0.717) is 18.2 Å². The van der Waals surface area contributed by atoms with Crippen LogP contribution in [-0.4, -0.2) is 33.6 Å². The molecule has 6 nitrogen and oxygen atoms in total. The Balaban J connectivity index is 2.14. The molecule has 1 fully saturated rings. The summed E-state index contributed by atoms with van der Waals surface area (Å²) in [6, 6.07) is 7.06. The number of nitrogens with one attached hydrogen (secondary N) is 1. The van der Waals surface area contributed by atoms with E-state index in [1.165, 1.54) is 7.11 Å². The molecule has 1 aliphatic rings. The Labute approximate surface area is 145 Å². The molecule has 3 N–H and O–H groups in total. The highest BCUT2D eigenvalue weighted by atomic mass is 32.2. The fraction of sp³-hybridized carbons (Fsp3) is 0.438. The molecule has 130 valence electrons. The van der Waals surface area contributed by atoms with Crippen molar-refractivity contribution in [2.45, 2.75) is 36.1 Å². The average Bonchev–Trinajstić information content (AvgIpc) is 3.18. The molecule has 3 rings (SSSR count). The highest BCUT2D eigenvalue weighted by Gasteiger charge is 2.39. The van der Waals surface area contributed by atoms with Crippen LogP contribution in [0.25, 0.3) is 10.1 Å². The smallest absolute Gasteiger partial charge is 0.349 e. The van der Waals surface area contributed by atoms with E-state index in [9.17, 15) is 13.2 Å². The molecule has 1 aliphatic carbocycles. The van der Waals surface area contributed by atoms with E-state index in [-0.39, 0.29) is 16.3 Å². The van der Waals surface area contributed by atoms with Crippen LogP contribution in [0.5, 0.6) is 0 Å². The summed E-state index contributed by atoms with van der Waals surface area (Å²) < 4.78 is 34.5. The Morgan fingerprint density at radius 3 is 2.62 bits per heavy atom. The summed E-state index contributed by atoms with van der Waals surface area (Å²) in [5.74, 6) is -0.648. The number of ether oxygens (including phenoxy) is 1. The zero-order chi connectivity index (χ0) is 17.4. The molecule has 1 saturated carbocycles. The molecule has 8 heteroatoms. The summed E-state index contributed by atoms with van der Waals surface area (Å²) in [7, 11) is -2.66. The molecule has 2 aromatic rings. The maximum Gasteiger partial charge on any atom is 0.349 e. The number of hydrogen-bond donors (Lipinski definition) is 2. The van der Waals surface area contributed by atoms with Crippen LogP contribution in [0.2, 0.25) is 0 Å². The summed E-state index contributed by atoms with van der Waals surface area (Å²) in [5, 5.41) is 0.528. The molecule has 0 atom stereocenters. The van der Waals surface area contributed by atoms with Crippen LogP contribution >= 0.6 is 11.3 Å². The number of fused-ring (bicyclic) bond motifs is 1. The van der Waals surface area contributed by atoms with Crippen LogP contribution in [-0.2, 0) is 14.8 Å². The minimum absolute atomic E-state index is 0.00493. The molecule has 0 unspecified atom stereocenters. The summed E-state index contributed by atoms with van der Waals surface area (Å²) in [6.45, 7) is 0.238. The van der Waals surface area contributed by atoms with Crippen molar-refractivity contribution < 1.29 is 17.9 Å². The van der Waals surface area contributed by atoms with Gasteiger partial charge < -0.3 is 10.5 Å². The summed E-state index contributed by atoms with van der Waals surface area (Å²) in [6.07, 6.45) is 3.29. The Kier molecular flexibility index (Phi) is 4.65. The Bertz CT molecular complexity index is 867. The van der Waals surface area contributed by atoms with Crippen molar-refractivity contribution >= 4 is 37.4 Å². The highest BCUT2D eigenvalue weighted by molar-refractivity contribution is 7.90. The molecule has 1 aromatic heterocycles. The quantitative estimate of drug-likeness (QED) is 0.789. The van der Waals surface area contributed by atoms with E-state index in [1.807, 2.05) is 6.07 Å². The van der Waals surface area contributed by atoms with E-state index in [4.69, 9.17) is 10.5 Å². The van der Waals surface area contributed by atoms with Crippen LogP contribution in [0.15, 0.2) is 29.2 Å². The molecule has 1 aromatic carbocycles. The van der Waals surface area contributed by atoms with Gasteiger partial charge in [0, 0.05) is 22.2 Å². The SMILES string of the molecule is COC(=O)c1sc2ccccc2c1S(=O)(=O)NC1(CN)CCCC1. The first-order valence-corrected chi connectivity index (χ1v) is 10.1. The molecule has 0 saturated heterocycles. The van der Waals surface area contributed by atoms with E-state index in [2.05, 4.69) is 4.72 Å². The number of sulfonamides is 1. The average molecular weight is 368 g/mol. The maximum absolute atomic E-state index is 13.1. The van der Waals surface area contributed by atoms with Crippen LogP contribution < -0.4 is 10.5 Å². The van der Waals surface area contributed by atoms with Crippen LogP contribution in [0.3, 0.4) is 0 Å². The Hall–Kier alpha value is -1.48. The molecule has 24 heavy (non-hydrogen) atoms. The minimum Gasteiger partial charge on any atom is -0.465 e. The van der Waals surface area contributed by atoms with Gasteiger partial charge in [-0.05, 0) is 18.9 Å². The van der Waals surface area contributed by atoms with E-state index < -0.39 is 21.5 Å². The predicted octanol–water partition coefficient (Wildman–Crippen LogP) is 2.24. The van der Waals surface area contributed by atoms with Crippen molar-refractivity contribution in [2.24, 2.45) is 5.73 Å². The van der Waals surface area contributed by atoms with Gasteiger partial charge >= 0.3 is 5.97 Å². The molecule has 0 aliphatic heterocycles. The second-order valence-corrected chi connectivity index (χ2v) is 8.72. The standard InChI is InChI=1S/C16H20N2O4S2/c1-22-15(19)13-14(11-6-2-3-7-12(11)23-13)24(20,21)18-16(10-17)8-4-5-9-16/h2-3,6-7,18H,4-5,8-10,17H2,1H3. The number of carbonyl (C=O) groups excluding carboxylic acids is 1. The fourth-order valence-corrected chi connectivity index (χ4v) is 6.54. The maximum atomic E-state index is 13.1. The number of nitrogens with two attached hydrogens (primary N) is 1. The van der Waals surface area contributed by atoms with Crippen molar-refractivity contribution in [1.29, 1.82) is 0 Å². The van der Waals surface area contributed by atoms with Crippen LogP contribution in [0, 0.1) is 0 Å². The first-order valence-electron chi connectivity index (χ1n) is 7.76.